The van der Waals surface area contributed by atoms with E-state index < -0.39 is 18.7 Å². The SMILES string of the molecule is CCOc1ccc(C(=O)[C@@H](C)OC(=O)c2ccc(OC(F)F)c(OC)c2)cc1. The Morgan fingerprint density at radius 3 is 2.21 bits per heavy atom. The van der Waals surface area contributed by atoms with Crippen LogP contribution < -0.4 is 14.2 Å². The summed E-state index contributed by atoms with van der Waals surface area (Å²) in [6.07, 6.45) is -1.05. The van der Waals surface area contributed by atoms with Gasteiger partial charge in [-0.05, 0) is 56.3 Å². The largest absolute Gasteiger partial charge is 0.494 e. The minimum Gasteiger partial charge on any atom is -0.494 e. The number of halogens is 2. The summed E-state index contributed by atoms with van der Waals surface area (Å²) in [6.45, 7) is 0.772. The van der Waals surface area contributed by atoms with Crippen molar-refractivity contribution in [3.63, 3.8) is 0 Å². The molecular formula is C20H20F2O6. The highest BCUT2D eigenvalue weighted by molar-refractivity contribution is 6.01. The lowest BCUT2D eigenvalue weighted by Crippen LogP contribution is -2.24. The molecule has 0 aromatic heterocycles. The van der Waals surface area contributed by atoms with E-state index in [0.29, 0.717) is 17.9 Å². The van der Waals surface area contributed by atoms with E-state index in [4.69, 9.17) is 14.2 Å². The number of benzene rings is 2. The fourth-order valence-corrected chi connectivity index (χ4v) is 2.39. The quantitative estimate of drug-likeness (QED) is 0.471. The van der Waals surface area contributed by atoms with Crippen LogP contribution in [0.2, 0.25) is 0 Å². The topological polar surface area (TPSA) is 71.1 Å². The molecule has 6 nitrogen and oxygen atoms in total. The van der Waals surface area contributed by atoms with Crippen LogP contribution in [-0.2, 0) is 4.74 Å². The first-order valence-electron chi connectivity index (χ1n) is 8.46. The van der Waals surface area contributed by atoms with Crippen molar-refractivity contribution >= 4 is 11.8 Å². The van der Waals surface area contributed by atoms with Gasteiger partial charge in [0.05, 0.1) is 19.3 Å². The van der Waals surface area contributed by atoms with Crippen LogP contribution in [0.4, 0.5) is 8.78 Å². The molecule has 1 atom stereocenters. The minimum atomic E-state index is -3.03. The van der Waals surface area contributed by atoms with Crippen molar-refractivity contribution in [1.82, 2.24) is 0 Å². The van der Waals surface area contributed by atoms with Gasteiger partial charge in [0.1, 0.15) is 5.75 Å². The van der Waals surface area contributed by atoms with Crippen molar-refractivity contribution in [3.8, 4) is 17.2 Å². The van der Waals surface area contributed by atoms with E-state index in [2.05, 4.69) is 4.74 Å². The first kappa shape index (κ1) is 21.1. The Labute approximate surface area is 161 Å². The first-order chi connectivity index (χ1) is 13.3. The molecule has 2 rings (SSSR count). The summed E-state index contributed by atoms with van der Waals surface area (Å²) in [4.78, 5) is 24.7. The van der Waals surface area contributed by atoms with E-state index in [1.807, 2.05) is 6.92 Å². The molecule has 0 amide bonds. The van der Waals surface area contributed by atoms with Gasteiger partial charge >= 0.3 is 12.6 Å². The molecule has 150 valence electrons. The Morgan fingerprint density at radius 2 is 1.64 bits per heavy atom. The van der Waals surface area contributed by atoms with Crippen LogP contribution in [0.3, 0.4) is 0 Å². The van der Waals surface area contributed by atoms with E-state index in [0.717, 1.165) is 0 Å². The standard InChI is InChI=1S/C20H20F2O6/c1-4-26-15-8-5-13(6-9-15)18(23)12(2)27-19(24)14-7-10-16(28-20(21)22)17(11-14)25-3/h5-12,20H,4H2,1-3H3/t12-/m1/s1. The number of carbonyl (C=O) groups is 2. The monoisotopic (exact) mass is 394 g/mol. The first-order valence-corrected chi connectivity index (χ1v) is 8.46. The number of ether oxygens (including phenoxy) is 4. The second-order valence-electron chi connectivity index (χ2n) is 5.61. The second-order valence-corrected chi connectivity index (χ2v) is 5.61. The number of hydrogen-bond acceptors (Lipinski definition) is 6. The smallest absolute Gasteiger partial charge is 0.387 e. The molecule has 0 heterocycles. The fraction of sp³-hybridized carbons (Fsp3) is 0.300. The van der Waals surface area contributed by atoms with Crippen LogP contribution in [0.15, 0.2) is 42.5 Å². The van der Waals surface area contributed by atoms with Gasteiger partial charge in [-0.3, -0.25) is 4.79 Å². The lowest BCUT2D eigenvalue weighted by Gasteiger charge is -2.14. The maximum Gasteiger partial charge on any atom is 0.387 e. The van der Waals surface area contributed by atoms with Gasteiger partial charge in [-0.25, -0.2) is 4.79 Å². The van der Waals surface area contributed by atoms with Crippen LogP contribution in [-0.4, -0.2) is 38.2 Å². The van der Waals surface area contributed by atoms with Crippen molar-refractivity contribution in [2.75, 3.05) is 13.7 Å². The molecule has 0 unspecified atom stereocenters. The summed E-state index contributed by atoms with van der Waals surface area (Å²) in [5, 5.41) is 0. The Balaban J connectivity index is 2.07. The number of rotatable bonds is 9. The van der Waals surface area contributed by atoms with Crippen LogP contribution >= 0.6 is 0 Å². The Hall–Kier alpha value is -3.16. The van der Waals surface area contributed by atoms with Crippen molar-refractivity contribution in [3.05, 3.63) is 53.6 Å². The average molecular weight is 394 g/mol. The summed E-state index contributed by atoms with van der Waals surface area (Å²) >= 11 is 0. The van der Waals surface area contributed by atoms with Gasteiger partial charge in [-0.2, -0.15) is 8.78 Å². The van der Waals surface area contributed by atoms with Crippen molar-refractivity contribution < 1.29 is 37.3 Å². The van der Waals surface area contributed by atoms with Gasteiger partial charge in [0.25, 0.3) is 0 Å². The van der Waals surface area contributed by atoms with Gasteiger partial charge in [0, 0.05) is 5.56 Å². The zero-order valence-corrected chi connectivity index (χ0v) is 15.6. The predicted molar refractivity (Wildman–Crippen MR) is 96.4 cm³/mol. The number of Topliss-reactive ketones (excluding diaryl/α,β-unsaturated/α-hetero) is 1. The number of alkyl halides is 2. The third-order valence-corrected chi connectivity index (χ3v) is 3.72. The number of ketones is 1. The van der Waals surface area contributed by atoms with Crippen molar-refractivity contribution in [2.24, 2.45) is 0 Å². The molecular weight excluding hydrogens is 374 g/mol. The van der Waals surface area contributed by atoms with Gasteiger partial charge in [0.2, 0.25) is 5.78 Å². The second kappa shape index (κ2) is 9.68. The van der Waals surface area contributed by atoms with E-state index in [-0.39, 0.29) is 22.8 Å². The van der Waals surface area contributed by atoms with Crippen LogP contribution in [0.1, 0.15) is 34.6 Å². The number of carbonyl (C=O) groups excluding carboxylic acids is 2. The molecule has 2 aromatic rings. The molecule has 2 aromatic carbocycles. The summed E-state index contributed by atoms with van der Waals surface area (Å²) in [5.74, 6) is -0.829. The van der Waals surface area contributed by atoms with Gasteiger partial charge < -0.3 is 18.9 Å². The highest BCUT2D eigenvalue weighted by atomic mass is 19.3. The average Bonchev–Trinajstić information content (AvgIpc) is 2.68. The maximum absolute atomic E-state index is 12.4. The Kier molecular flexibility index (Phi) is 7.31. The van der Waals surface area contributed by atoms with Gasteiger partial charge in [-0.1, -0.05) is 0 Å². The van der Waals surface area contributed by atoms with Gasteiger partial charge in [-0.15, -0.1) is 0 Å². The van der Waals surface area contributed by atoms with E-state index in [1.54, 1.807) is 24.3 Å². The normalized spacial score (nSPS) is 11.6. The molecule has 28 heavy (non-hydrogen) atoms. The summed E-state index contributed by atoms with van der Waals surface area (Å²) in [6, 6.07) is 10.1. The molecule has 0 saturated carbocycles. The molecule has 0 fully saturated rings. The summed E-state index contributed by atoms with van der Waals surface area (Å²) < 4.78 is 44.5. The van der Waals surface area contributed by atoms with E-state index >= 15 is 0 Å². The molecule has 0 N–H and O–H groups in total. The van der Waals surface area contributed by atoms with Crippen LogP contribution in [0.25, 0.3) is 0 Å². The number of methoxy groups -OCH3 is 1. The molecule has 0 aliphatic rings. The van der Waals surface area contributed by atoms with Crippen LogP contribution in [0.5, 0.6) is 17.2 Å². The Bertz CT molecular complexity index is 820. The fourth-order valence-electron chi connectivity index (χ4n) is 2.39. The third kappa shape index (κ3) is 5.42. The van der Waals surface area contributed by atoms with Crippen LogP contribution in [0, 0.1) is 0 Å². The highest BCUT2D eigenvalue weighted by Gasteiger charge is 2.22. The Morgan fingerprint density at radius 1 is 1.00 bits per heavy atom. The lowest BCUT2D eigenvalue weighted by molar-refractivity contribution is -0.0512. The predicted octanol–water partition coefficient (Wildman–Crippen LogP) is 4.12. The van der Waals surface area contributed by atoms with Crippen molar-refractivity contribution in [1.29, 1.82) is 0 Å². The molecule has 8 heteroatoms. The summed E-state index contributed by atoms with van der Waals surface area (Å²) in [7, 11) is 1.25. The zero-order chi connectivity index (χ0) is 20.7. The summed E-state index contributed by atoms with van der Waals surface area (Å²) in [5.41, 5.74) is 0.395. The van der Waals surface area contributed by atoms with Crippen molar-refractivity contribution in [2.45, 2.75) is 26.6 Å². The third-order valence-electron chi connectivity index (χ3n) is 3.72. The maximum atomic E-state index is 12.4. The van der Waals surface area contributed by atoms with E-state index in [9.17, 15) is 18.4 Å². The molecule has 0 aliphatic carbocycles. The van der Waals surface area contributed by atoms with E-state index in [1.165, 1.54) is 32.2 Å². The number of esters is 1. The molecule has 0 aliphatic heterocycles. The minimum absolute atomic E-state index is 0.0322. The van der Waals surface area contributed by atoms with Gasteiger partial charge in [0.15, 0.2) is 17.6 Å². The highest BCUT2D eigenvalue weighted by Crippen LogP contribution is 2.30. The number of hydrogen-bond donors (Lipinski definition) is 0. The molecule has 0 bridgehead atoms. The lowest BCUT2D eigenvalue weighted by atomic mass is 10.1. The molecule has 0 spiro atoms. The molecule has 0 radical (unpaired) electrons. The zero-order valence-electron chi connectivity index (χ0n) is 15.6. The molecule has 0 saturated heterocycles.